The number of rotatable bonds is 4. The Bertz CT molecular complexity index is 915. The van der Waals surface area contributed by atoms with Crippen molar-refractivity contribution < 1.29 is 27.8 Å². The predicted molar refractivity (Wildman–Crippen MR) is 96.5 cm³/mol. The first-order valence-electron chi connectivity index (χ1n) is 9.37. The average molecular weight is 389 g/mol. The molecule has 0 bridgehead atoms. The van der Waals surface area contributed by atoms with E-state index in [0.29, 0.717) is 34.5 Å². The molecule has 3 aliphatic rings. The molecule has 0 amide bonds. The van der Waals surface area contributed by atoms with E-state index in [1.54, 1.807) is 12.1 Å². The molecule has 1 aromatic rings. The first-order valence-corrected chi connectivity index (χ1v) is 9.37. The van der Waals surface area contributed by atoms with Crippen molar-refractivity contribution in [1.82, 2.24) is 5.32 Å². The maximum atomic E-state index is 14.8. The zero-order valence-electron chi connectivity index (χ0n) is 15.7. The average Bonchev–Trinajstić information content (AvgIpc) is 3.04. The molecule has 148 valence electrons. The smallest absolute Gasteiger partial charge is 0.337 e. The van der Waals surface area contributed by atoms with Crippen LogP contribution in [0.2, 0.25) is 0 Å². The zero-order chi connectivity index (χ0) is 20.0. The Morgan fingerprint density at radius 2 is 2.11 bits per heavy atom. The minimum Gasteiger partial charge on any atom is -0.466 e. The van der Waals surface area contributed by atoms with Crippen molar-refractivity contribution >= 4 is 11.9 Å². The number of halogens is 2. The highest BCUT2D eigenvalue weighted by Crippen LogP contribution is 2.48. The van der Waals surface area contributed by atoms with Crippen LogP contribution in [0.1, 0.15) is 49.1 Å². The SMILES string of the molecule is CCC1=C(C(=O)OC)[C@H](c2cccc(F)c2C2CC(F)C2)C2=C(COC2=O)N1. The van der Waals surface area contributed by atoms with Crippen LogP contribution in [0.15, 0.2) is 40.7 Å². The Balaban J connectivity index is 1.93. The molecule has 0 spiro atoms. The lowest BCUT2D eigenvalue weighted by atomic mass is 9.71. The van der Waals surface area contributed by atoms with E-state index in [0.717, 1.165) is 0 Å². The topological polar surface area (TPSA) is 64.6 Å². The fraction of sp³-hybridized carbons (Fsp3) is 0.429. The van der Waals surface area contributed by atoms with E-state index in [4.69, 9.17) is 9.47 Å². The van der Waals surface area contributed by atoms with Gasteiger partial charge in [0.05, 0.1) is 29.9 Å². The van der Waals surface area contributed by atoms with Crippen LogP contribution in [-0.4, -0.2) is 31.8 Å². The highest BCUT2D eigenvalue weighted by Gasteiger charge is 2.45. The predicted octanol–water partition coefficient (Wildman–Crippen LogP) is 3.38. The molecule has 1 aliphatic carbocycles. The molecule has 0 saturated heterocycles. The summed E-state index contributed by atoms with van der Waals surface area (Å²) in [5.74, 6) is -2.68. The summed E-state index contributed by atoms with van der Waals surface area (Å²) in [5, 5.41) is 3.12. The molecule has 5 nitrogen and oxygen atoms in total. The van der Waals surface area contributed by atoms with Gasteiger partial charge in [-0.3, -0.25) is 0 Å². The number of nitrogens with one attached hydrogen (secondary N) is 1. The van der Waals surface area contributed by atoms with Crippen LogP contribution in [0.3, 0.4) is 0 Å². The molecule has 1 saturated carbocycles. The van der Waals surface area contributed by atoms with Crippen molar-refractivity contribution in [2.45, 2.75) is 44.2 Å². The maximum absolute atomic E-state index is 14.8. The second-order valence-corrected chi connectivity index (χ2v) is 7.27. The standard InChI is InChI=1S/C21H21F2NO4/c1-3-14-18(20(25)27-2)17(19-15(24-14)9-28-21(19)26)12-5-4-6-13(23)16(12)10-7-11(22)8-10/h4-6,10-11,17,24H,3,7-9H2,1-2H3/t10?,11?,17-/m0/s1. The summed E-state index contributed by atoms with van der Waals surface area (Å²) in [6, 6.07) is 4.57. The quantitative estimate of drug-likeness (QED) is 0.800. The van der Waals surface area contributed by atoms with Gasteiger partial charge in [-0.1, -0.05) is 19.1 Å². The van der Waals surface area contributed by atoms with Crippen LogP contribution in [0, 0.1) is 5.82 Å². The minimum absolute atomic E-state index is 0.0727. The van der Waals surface area contributed by atoms with E-state index < -0.39 is 29.8 Å². The summed E-state index contributed by atoms with van der Waals surface area (Å²) < 4.78 is 38.5. The van der Waals surface area contributed by atoms with Crippen LogP contribution in [0.5, 0.6) is 0 Å². The number of carbonyl (C=O) groups is 2. The van der Waals surface area contributed by atoms with Crippen molar-refractivity contribution in [2.24, 2.45) is 0 Å². The summed E-state index contributed by atoms with van der Waals surface area (Å²) in [6.07, 6.45) is -0.00845. The van der Waals surface area contributed by atoms with Gasteiger partial charge >= 0.3 is 11.9 Å². The van der Waals surface area contributed by atoms with Crippen LogP contribution in [0.4, 0.5) is 8.78 Å². The van der Waals surface area contributed by atoms with Gasteiger partial charge in [-0.25, -0.2) is 18.4 Å². The van der Waals surface area contributed by atoms with Crippen molar-refractivity contribution in [2.75, 3.05) is 13.7 Å². The van der Waals surface area contributed by atoms with Crippen molar-refractivity contribution in [1.29, 1.82) is 0 Å². The summed E-state index contributed by atoms with van der Waals surface area (Å²) in [6.45, 7) is 1.95. The van der Waals surface area contributed by atoms with E-state index in [-0.39, 0.29) is 30.9 Å². The molecule has 0 radical (unpaired) electrons. The van der Waals surface area contributed by atoms with Gasteiger partial charge in [0.15, 0.2) is 0 Å². The molecule has 0 unspecified atom stereocenters. The molecule has 2 heterocycles. The first-order chi connectivity index (χ1) is 13.5. The van der Waals surface area contributed by atoms with E-state index in [1.165, 1.54) is 13.2 Å². The number of hydrogen-bond acceptors (Lipinski definition) is 5. The second kappa shape index (κ2) is 7.04. The van der Waals surface area contributed by atoms with E-state index in [1.807, 2.05) is 6.92 Å². The molecule has 1 aromatic carbocycles. The van der Waals surface area contributed by atoms with Crippen molar-refractivity contribution in [3.8, 4) is 0 Å². The molecule has 4 rings (SSSR count). The number of dihydropyridines is 1. The lowest BCUT2D eigenvalue weighted by Gasteiger charge is -2.35. The molecule has 0 aromatic heterocycles. The number of carbonyl (C=O) groups excluding carboxylic acids is 2. The fourth-order valence-corrected chi connectivity index (χ4v) is 4.34. The normalized spacial score (nSPS) is 26.4. The Kier molecular flexibility index (Phi) is 4.69. The third kappa shape index (κ3) is 2.80. The molecule has 2 aliphatic heterocycles. The van der Waals surface area contributed by atoms with Crippen LogP contribution >= 0.6 is 0 Å². The van der Waals surface area contributed by atoms with Crippen molar-refractivity contribution in [3.63, 3.8) is 0 Å². The Morgan fingerprint density at radius 3 is 2.75 bits per heavy atom. The summed E-state index contributed by atoms with van der Waals surface area (Å²) in [4.78, 5) is 25.2. The molecule has 28 heavy (non-hydrogen) atoms. The zero-order valence-corrected chi connectivity index (χ0v) is 15.7. The maximum Gasteiger partial charge on any atom is 0.337 e. The number of methoxy groups -OCH3 is 1. The van der Waals surface area contributed by atoms with Gasteiger partial charge in [0, 0.05) is 5.70 Å². The largest absolute Gasteiger partial charge is 0.466 e. The Hall–Kier alpha value is -2.70. The molecule has 1 atom stereocenters. The summed E-state index contributed by atoms with van der Waals surface area (Å²) >= 11 is 0. The minimum atomic E-state index is -0.960. The molecular formula is C21H21F2NO4. The van der Waals surface area contributed by atoms with E-state index in [9.17, 15) is 18.4 Å². The number of hydrogen-bond donors (Lipinski definition) is 1. The van der Waals surface area contributed by atoms with Gasteiger partial charge in [-0.05, 0) is 42.4 Å². The Morgan fingerprint density at radius 1 is 1.36 bits per heavy atom. The lowest BCUT2D eigenvalue weighted by molar-refractivity contribution is -0.136. The van der Waals surface area contributed by atoms with Gasteiger partial charge in [0.1, 0.15) is 18.6 Å². The monoisotopic (exact) mass is 389 g/mol. The number of cyclic esters (lactones) is 1. The first kappa shape index (κ1) is 18.7. The van der Waals surface area contributed by atoms with Crippen molar-refractivity contribution in [3.05, 3.63) is 57.7 Å². The van der Waals surface area contributed by atoms with Gasteiger partial charge in [0.2, 0.25) is 0 Å². The number of alkyl halides is 1. The van der Waals surface area contributed by atoms with Gasteiger partial charge in [-0.15, -0.1) is 0 Å². The van der Waals surface area contributed by atoms with E-state index >= 15 is 0 Å². The van der Waals surface area contributed by atoms with Gasteiger partial charge < -0.3 is 14.8 Å². The summed E-state index contributed by atoms with van der Waals surface area (Å²) in [7, 11) is 1.27. The number of ether oxygens (including phenoxy) is 2. The fourth-order valence-electron chi connectivity index (χ4n) is 4.34. The number of benzene rings is 1. The van der Waals surface area contributed by atoms with Crippen LogP contribution in [-0.2, 0) is 19.1 Å². The second-order valence-electron chi connectivity index (χ2n) is 7.27. The summed E-state index contributed by atoms with van der Waals surface area (Å²) in [5.41, 5.74) is 2.61. The molecular weight excluding hydrogens is 368 g/mol. The van der Waals surface area contributed by atoms with Crippen LogP contribution < -0.4 is 5.32 Å². The molecule has 7 heteroatoms. The third-order valence-corrected chi connectivity index (χ3v) is 5.74. The van der Waals surface area contributed by atoms with Crippen LogP contribution in [0.25, 0.3) is 0 Å². The molecule has 1 N–H and O–H groups in total. The van der Waals surface area contributed by atoms with Gasteiger partial charge in [-0.2, -0.15) is 0 Å². The highest BCUT2D eigenvalue weighted by molar-refractivity contribution is 6.01. The highest BCUT2D eigenvalue weighted by atomic mass is 19.1. The molecule has 1 fully saturated rings. The lowest BCUT2D eigenvalue weighted by Crippen LogP contribution is -2.32. The van der Waals surface area contributed by atoms with E-state index in [2.05, 4.69) is 5.32 Å². The number of esters is 2. The van der Waals surface area contributed by atoms with Gasteiger partial charge in [0.25, 0.3) is 0 Å². The Labute approximate surface area is 161 Å². The number of allylic oxidation sites excluding steroid dienone is 1. The third-order valence-electron chi connectivity index (χ3n) is 5.74.